The van der Waals surface area contributed by atoms with E-state index in [9.17, 15) is 9.59 Å². The van der Waals surface area contributed by atoms with E-state index >= 15 is 0 Å². The van der Waals surface area contributed by atoms with Gasteiger partial charge in [0.05, 0.1) is 12.5 Å². The number of halogens is 1. The summed E-state index contributed by atoms with van der Waals surface area (Å²) >= 11 is 3.37. The minimum atomic E-state index is -0.579. The fourth-order valence-electron chi connectivity index (χ4n) is 2.88. The second-order valence-corrected chi connectivity index (χ2v) is 8.10. The maximum atomic E-state index is 12.2. The highest BCUT2D eigenvalue weighted by atomic mass is 79.9. The van der Waals surface area contributed by atoms with Gasteiger partial charge < -0.3 is 13.9 Å². The number of aryl methyl sites for hydroxylation is 2. The topological polar surface area (TPSA) is 90.1 Å². The molecule has 33 heavy (non-hydrogen) atoms. The first-order valence-electron chi connectivity index (χ1n) is 10.1. The first kappa shape index (κ1) is 24.0. The van der Waals surface area contributed by atoms with E-state index in [-0.39, 0.29) is 12.4 Å². The number of hydrogen-bond acceptors (Lipinski definition) is 6. The van der Waals surface area contributed by atoms with Gasteiger partial charge in [0, 0.05) is 16.1 Å². The lowest BCUT2D eigenvalue weighted by molar-refractivity contribution is -0.129. The molecule has 170 valence electrons. The van der Waals surface area contributed by atoms with Crippen molar-refractivity contribution in [3.05, 3.63) is 87.3 Å². The molecule has 8 heteroatoms. The molecule has 1 heterocycles. The molecule has 3 rings (SSSR count). The van der Waals surface area contributed by atoms with Crippen LogP contribution in [0.1, 0.15) is 28.0 Å². The molecule has 7 nitrogen and oxygen atoms in total. The molecule has 0 atom stereocenters. The average Bonchev–Trinajstić information content (AvgIpc) is 3.30. The van der Waals surface area contributed by atoms with E-state index in [2.05, 4.69) is 26.5 Å². The van der Waals surface area contributed by atoms with Gasteiger partial charge in [-0.1, -0.05) is 28.1 Å². The normalized spacial score (nSPS) is 11.2. The first-order valence-corrected chi connectivity index (χ1v) is 10.9. The molecule has 0 aliphatic heterocycles. The van der Waals surface area contributed by atoms with Crippen LogP contribution in [-0.4, -0.2) is 24.7 Å². The predicted octanol–water partition coefficient (Wildman–Crippen LogP) is 5.12. The molecule has 1 amide bonds. The minimum Gasteiger partial charge on any atom is -0.483 e. The molecular formula is C25H23BrN2O5. The molecular weight excluding hydrogens is 488 g/mol. The average molecular weight is 511 g/mol. The second kappa shape index (κ2) is 11.3. The quantitative estimate of drug-likeness (QED) is 0.149. The van der Waals surface area contributed by atoms with Crippen molar-refractivity contribution >= 4 is 40.1 Å². The van der Waals surface area contributed by atoms with Gasteiger partial charge in [-0.2, -0.15) is 5.10 Å². The highest BCUT2D eigenvalue weighted by molar-refractivity contribution is 9.10. The maximum Gasteiger partial charge on any atom is 0.336 e. The van der Waals surface area contributed by atoms with Gasteiger partial charge in [0.15, 0.2) is 6.61 Å². The zero-order chi connectivity index (χ0) is 23.8. The van der Waals surface area contributed by atoms with E-state index in [1.165, 1.54) is 24.6 Å². The lowest BCUT2D eigenvalue weighted by Crippen LogP contribution is -2.25. The standard InChI is InChI=1S/C25H23BrN2O5/c1-16-6-7-17(2)25(18(16)3)32-15-23(29)28-27-14-19-13-20(26)8-10-22(19)33-24(30)11-9-21-5-4-12-31-21/h4-14H,15H2,1-3H3,(H,28,29)/b11-9-,27-14-. The minimum absolute atomic E-state index is 0.180. The molecule has 0 spiro atoms. The summed E-state index contributed by atoms with van der Waals surface area (Å²) in [5.74, 6) is 0.516. The molecule has 1 N–H and O–H groups in total. The number of nitrogens with zero attached hydrogens (tertiary/aromatic N) is 1. The Hall–Kier alpha value is -3.65. The van der Waals surface area contributed by atoms with Gasteiger partial charge in [-0.05, 0) is 73.9 Å². The van der Waals surface area contributed by atoms with Crippen molar-refractivity contribution in [1.29, 1.82) is 0 Å². The second-order valence-electron chi connectivity index (χ2n) is 7.19. The maximum absolute atomic E-state index is 12.2. The number of esters is 1. The molecule has 0 aliphatic rings. The van der Waals surface area contributed by atoms with Crippen molar-refractivity contribution in [2.24, 2.45) is 5.10 Å². The van der Waals surface area contributed by atoms with Crippen LogP contribution >= 0.6 is 15.9 Å². The molecule has 0 aliphatic carbocycles. The van der Waals surface area contributed by atoms with Gasteiger partial charge in [-0.15, -0.1) is 0 Å². The molecule has 0 unspecified atom stereocenters. The van der Waals surface area contributed by atoms with E-state index < -0.39 is 11.9 Å². The van der Waals surface area contributed by atoms with Gasteiger partial charge in [-0.25, -0.2) is 10.2 Å². The monoisotopic (exact) mass is 510 g/mol. The Bertz CT molecular complexity index is 1200. The number of hydrogen-bond donors (Lipinski definition) is 1. The van der Waals surface area contributed by atoms with Crippen molar-refractivity contribution in [2.75, 3.05) is 6.61 Å². The lowest BCUT2D eigenvalue weighted by Gasteiger charge is -2.13. The number of nitrogens with one attached hydrogen (secondary N) is 1. The number of benzene rings is 2. The van der Waals surface area contributed by atoms with Gasteiger partial charge in [0.1, 0.15) is 17.3 Å². The van der Waals surface area contributed by atoms with Crippen LogP contribution < -0.4 is 14.9 Å². The summed E-state index contributed by atoms with van der Waals surface area (Å²) in [5.41, 5.74) is 5.95. The summed E-state index contributed by atoms with van der Waals surface area (Å²) in [7, 11) is 0. The van der Waals surface area contributed by atoms with E-state index in [0.29, 0.717) is 17.1 Å². The Morgan fingerprint density at radius 1 is 1.12 bits per heavy atom. The molecule has 0 saturated carbocycles. The highest BCUT2D eigenvalue weighted by Crippen LogP contribution is 2.25. The van der Waals surface area contributed by atoms with E-state index in [1.54, 1.807) is 30.3 Å². The Balaban J connectivity index is 1.60. The Morgan fingerprint density at radius 3 is 2.67 bits per heavy atom. The summed E-state index contributed by atoms with van der Waals surface area (Å²) in [6.45, 7) is 5.69. The first-order chi connectivity index (χ1) is 15.8. The van der Waals surface area contributed by atoms with Gasteiger partial charge >= 0.3 is 5.97 Å². The molecule has 0 fully saturated rings. The fraction of sp³-hybridized carbons (Fsp3) is 0.160. The molecule has 1 aromatic heterocycles. The number of carbonyl (C=O) groups excluding carboxylic acids is 2. The van der Waals surface area contributed by atoms with Crippen LogP contribution in [-0.2, 0) is 9.59 Å². The van der Waals surface area contributed by atoms with E-state index in [4.69, 9.17) is 13.9 Å². The van der Waals surface area contributed by atoms with Crippen molar-refractivity contribution in [1.82, 2.24) is 5.43 Å². The smallest absolute Gasteiger partial charge is 0.336 e. The van der Waals surface area contributed by atoms with Crippen LogP contribution in [0, 0.1) is 20.8 Å². The Kier molecular flexibility index (Phi) is 8.21. The third-order valence-electron chi connectivity index (χ3n) is 4.72. The molecule has 2 aromatic carbocycles. The van der Waals surface area contributed by atoms with Crippen LogP contribution in [0.25, 0.3) is 6.08 Å². The van der Waals surface area contributed by atoms with Crippen LogP contribution in [0.15, 0.2) is 68.8 Å². The van der Waals surface area contributed by atoms with Crippen molar-refractivity contribution in [2.45, 2.75) is 20.8 Å². The number of ether oxygens (including phenoxy) is 2. The van der Waals surface area contributed by atoms with Gasteiger partial charge in [0.2, 0.25) is 0 Å². The summed E-state index contributed by atoms with van der Waals surface area (Å²) < 4.78 is 17.0. The summed E-state index contributed by atoms with van der Waals surface area (Å²) in [4.78, 5) is 24.3. The number of rotatable bonds is 8. The number of furan rings is 1. The largest absolute Gasteiger partial charge is 0.483 e. The lowest BCUT2D eigenvalue weighted by atomic mass is 10.1. The zero-order valence-electron chi connectivity index (χ0n) is 18.4. The predicted molar refractivity (Wildman–Crippen MR) is 129 cm³/mol. The van der Waals surface area contributed by atoms with Gasteiger partial charge in [-0.3, -0.25) is 4.79 Å². The van der Waals surface area contributed by atoms with Crippen molar-refractivity contribution in [3.63, 3.8) is 0 Å². The molecule has 0 radical (unpaired) electrons. The highest BCUT2D eigenvalue weighted by Gasteiger charge is 2.10. The summed E-state index contributed by atoms with van der Waals surface area (Å²) in [5, 5.41) is 3.96. The number of carbonyl (C=O) groups is 2. The van der Waals surface area contributed by atoms with E-state index in [1.807, 2.05) is 32.9 Å². The van der Waals surface area contributed by atoms with Crippen molar-refractivity contribution in [3.8, 4) is 11.5 Å². The zero-order valence-corrected chi connectivity index (χ0v) is 20.0. The number of hydrazone groups is 1. The summed E-state index contributed by atoms with van der Waals surface area (Å²) in [6, 6.07) is 12.5. The number of amides is 1. The van der Waals surface area contributed by atoms with Crippen LogP contribution in [0.3, 0.4) is 0 Å². The van der Waals surface area contributed by atoms with Gasteiger partial charge in [0.25, 0.3) is 5.91 Å². The van der Waals surface area contributed by atoms with Crippen LogP contribution in [0.4, 0.5) is 0 Å². The third-order valence-corrected chi connectivity index (χ3v) is 5.22. The van der Waals surface area contributed by atoms with E-state index in [0.717, 1.165) is 21.2 Å². The molecule has 0 bridgehead atoms. The molecule has 0 saturated heterocycles. The Labute approximate surface area is 200 Å². The van der Waals surface area contributed by atoms with Crippen molar-refractivity contribution < 1.29 is 23.5 Å². The SMILES string of the molecule is Cc1ccc(C)c(OCC(=O)N/N=C\c2cc(Br)ccc2OC(=O)/C=C\c2ccco2)c1C. The van der Waals surface area contributed by atoms with Crippen LogP contribution in [0.5, 0.6) is 11.5 Å². The Morgan fingerprint density at radius 2 is 1.91 bits per heavy atom. The third kappa shape index (κ3) is 6.92. The van der Waals surface area contributed by atoms with Crippen LogP contribution in [0.2, 0.25) is 0 Å². The fourth-order valence-corrected chi connectivity index (χ4v) is 3.26. The molecule has 3 aromatic rings. The summed E-state index contributed by atoms with van der Waals surface area (Å²) in [6.07, 6.45) is 5.67.